The Hall–Kier alpha value is -1.35. The van der Waals surface area contributed by atoms with E-state index in [1.807, 2.05) is 13.1 Å². The number of aliphatic imine (C=N–C) groups is 1. The minimum Gasteiger partial charge on any atom is -0.356 e. The van der Waals surface area contributed by atoms with Gasteiger partial charge in [-0.2, -0.15) is 0 Å². The smallest absolute Gasteiger partial charge is 0.191 e. The lowest BCUT2D eigenvalue weighted by Gasteiger charge is -2.27. The standard InChI is InChI=1S/C21H36N6.HI/c1-16(2)14-18(26(5)6)15-24-21(22-4)23-12-9-13-27-17(3)25-19-10-7-8-11-20(19)27;/h7-8,10-11,16,18H,9,12-15H2,1-6H3,(H2,22,23,24);1H. The molecule has 6 nitrogen and oxygen atoms in total. The molecular formula is C21H37IN6. The molecule has 0 amide bonds. The van der Waals surface area contributed by atoms with Crippen LogP contribution in [0.4, 0.5) is 0 Å². The van der Waals surface area contributed by atoms with E-state index in [4.69, 9.17) is 0 Å². The fraction of sp³-hybridized carbons (Fsp3) is 0.619. The van der Waals surface area contributed by atoms with E-state index >= 15 is 0 Å². The van der Waals surface area contributed by atoms with Crippen LogP contribution in [0.1, 0.15) is 32.5 Å². The second-order valence-corrected chi connectivity index (χ2v) is 7.78. The highest BCUT2D eigenvalue weighted by atomic mass is 127. The van der Waals surface area contributed by atoms with Gasteiger partial charge >= 0.3 is 0 Å². The number of hydrogen-bond acceptors (Lipinski definition) is 3. The molecule has 1 heterocycles. The molecule has 1 aromatic carbocycles. The Bertz CT molecular complexity index is 738. The van der Waals surface area contributed by atoms with Crippen molar-refractivity contribution in [2.24, 2.45) is 10.9 Å². The summed E-state index contributed by atoms with van der Waals surface area (Å²) in [7, 11) is 6.11. The normalized spacial score (nSPS) is 13.1. The number of imidazole rings is 1. The lowest BCUT2D eigenvalue weighted by molar-refractivity contribution is 0.254. The Kier molecular flexibility index (Phi) is 10.8. The number of aromatic nitrogens is 2. The van der Waals surface area contributed by atoms with Crippen LogP contribution in [-0.4, -0.2) is 60.7 Å². The van der Waals surface area contributed by atoms with Crippen LogP contribution < -0.4 is 10.6 Å². The van der Waals surface area contributed by atoms with Gasteiger partial charge in [0, 0.05) is 32.7 Å². The highest BCUT2D eigenvalue weighted by Crippen LogP contribution is 2.15. The van der Waals surface area contributed by atoms with Crippen LogP contribution in [0.25, 0.3) is 11.0 Å². The van der Waals surface area contributed by atoms with Gasteiger partial charge in [-0.05, 0) is 51.9 Å². The number of likely N-dealkylation sites (N-methyl/N-ethyl adjacent to an activating group) is 1. The molecule has 0 fully saturated rings. The van der Waals surface area contributed by atoms with Gasteiger partial charge in [0.05, 0.1) is 11.0 Å². The number of nitrogens with zero attached hydrogens (tertiary/aromatic N) is 4. The molecule has 0 aliphatic rings. The van der Waals surface area contributed by atoms with E-state index in [0.717, 1.165) is 43.4 Å². The molecule has 1 aromatic heterocycles. The Morgan fingerprint density at radius 1 is 1.21 bits per heavy atom. The molecule has 0 radical (unpaired) electrons. The van der Waals surface area contributed by atoms with E-state index in [2.05, 4.69) is 83.1 Å². The first kappa shape index (κ1) is 24.7. The van der Waals surface area contributed by atoms with Crippen molar-refractivity contribution in [2.45, 2.75) is 46.2 Å². The number of hydrogen-bond donors (Lipinski definition) is 2. The third kappa shape index (κ3) is 7.24. The van der Waals surface area contributed by atoms with Gasteiger partial charge in [0.1, 0.15) is 5.82 Å². The molecule has 1 atom stereocenters. The Balaban J connectivity index is 0.00000392. The lowest BCUT2D eigenvalue weighted by atomic mass is 10.0. The van der Waals surface area contributed by atoms with E-state index in [9.17, 15) is 0 Å². The zero-order chi connectivity index (χ0) is 19.8. The Morgan fingerprint density at radius 2 is 1.93 bits per heavy atom. The number of fused-ring (bicyclic) bond motifs is 1. The van der Waals surface area contributed by atoms with Gasteiger partial charge in [-0.3, -0.25) is 4.99 Å². The summed E-state index contributed by atoms with van der Waals surface area (Å²) in [6.07, 6.45) is 2.19. The first-order valence-corrected chi connectivity index (χ1v) is 9.95. The van der Waals surface area contributed by atoms with Crippen molar-refractivity contribution in [2.75, 3.05) is 34.2 Å². The minimum absolute atomic E-state index is 0. The van der Waals surface area contributed by atoms with Gasteiger partial charge in [0.25, 0.3) is 0 Å². The molecule has 0 bridgehead atoms. The molecule has 0 saturated carbocycles. The van der Waals surface area contributed by atoms with E-state index < -0.39 is 0 Å². The summed E-state index contributed by atoms with van der Waals surface area (Å²) >= 11 is 0. The summed E-state index contributed by atoms with van der Waals surface area (Å²) < 4.78 is 2.29. The maximum atomic E-state index is 4.63. The van der Waals surface area contributed by atoms with Crippen LogP contribution in [0, 0.1) is 12.8 Å². The van der Waals surface area contributed by atoms with Crippen LogP contribution >= 0.6 is 24.0 Å². The highest BCUT2D eigenvalue weighted by Gasteiger charge is 2.13. The first-order valence-electron chi connectivity index (χ1n) is 9.95. The average Bonchev–Trinajstić information content (AvgIpc) is 2.94. The van der Waals surface area contributed by atoms with Gasteiger partial charge < -0.3 is 20.1 Å². The second-order valence-electron chi connectivity index (χ2n) is 7.78. The summed E-state index contributed by atoms with van der Waals surface area (Å²) in [6, 6.07) is 8.82. The summed E-state index contributed by atoms with van der Waals surface area (Å²) in [6.45, 7) is 9.34. The quantitative estimate of drug-likeness (QED) is 0.240. The number of para-hydroxylation sites is 2. The molecule has 1 unspecified atom stereocenters. The van der Waals surface area contributed by atoms with Gasteiger partial charge in [-0.15, -0.1) is 24.0 Å². The summed E-state index contributed by atoms with van der Waals surface area (Å²) in [4.78, 5) is 11.3. The Labute approximate surface area is 187 Å². The van der Waals surface area contributed by atoms with Crippen molar-refractivity contribution in [1.82, 2.24) is 25.1 Å². The third-order valence-corrected chi connectivity index (χ3v) is 4.90. The topological polar surface area (TPSA) is 57.5 Å². The number of rotatable bonds is 9. The first-order chi connectivity index (χ1) is 12.9. The number of guanidine groups is 1. The molecule has 0 saturated heterocycles. The number of aryl methyl sites for hydroxylation is 2. The maximum Gasteiger partial charge on any atom is 0.191 e. The predicted octanol–water partition coefficient (Wildman–Crippen LogP) is 3.49. The largest absolute Gasteiger partial charge is 0.356 e. The Morgan fingerprint density at radius 3 is 2.57 bits per heavy atom. The van der Waals surface area contributed by atoms with Crippen molar-refractivity contribution in [1.29, 1.82) is 0 Å². The molecule has 2 N–H and O–H groups in total. The van der Waals surface area contributed by atoms with Crippen molar-refractivity contribution in [3.05, 3.63) is 30.1 Å². The number of nitrogens with one attached hydrogen (secondary N) is 2. The van der Waals surface area contributed by atoms with Crippen LogP contribution in [-0.2, 0) is 6.54 Å². The van der Waals surface area contributed by atoms with Gasteiger partial charge in [0.15, 0.2) is 5.96 Å². The lowest BCUT2D eigenvalue weighted by Crippen LogP contribution is -2.45. The van der Waals surface area contributed by atoms with Crippen molar-refractivity contribution in [3.8, 4) is 0 Å². The van der Waals surface area contributed by atoms with Crippen LogP contribution in [0.15, 0.2) is 29.3 Å². The molecule has 28 heavy (non-hydrogen) atoms. The maximum absolute atomic E-state index is 4.63. The zero-order valence-electron chi connectivity index (χ0n) is 18.2. The van der Waals surface area contributed by atoms with Gasteiger partial charge in [-0.1, -0.05) is 26.0 Å². The average molecular weight is 500 g/mol. The van der Waals surface area contributed by atoms with Crippen molar-refractivity contribution < 1.29 is 0 Å². The van der Waals surface area contributed by atoms with E-state index in [0.29, 0.717) is 12.0 Å². The van der Waals surface area contributed by atoms with Crippen molar-refractivity contribution >= 4 is 41.0 Å². The SMILES string of the molecule is CN=C(NCCCn1c(C)nc2ccccc21)NCC(CC(C)C)N(C)C.I. The molecular weight excluding hydrogens is 463 g/mol. The molecule has 158 valence electrons. The summed E-state index contributed by atoms with van der Waals surface area (Å²) in [5.41, 5.74) is 2.28. The van der Waals surface area contributed by atoms with Crippen LogP contribution in [0.2, 0.25) is 0 Å². The minimum atomic E-state index is 0. The number of benzene rings is 1. The van der Waals surface area contributed by atoms with E-state index in [-0.39, 0.29) is 24.0 Å². The van der Waals surface area contributed by atoms with E-state index in [1.54, 1.807) is 0 Å². The zero-order valence-corrected chi connectivity index (χ0v) is 20.5. The fourth-order valence-corrected chi connectivity index (χ4v) is 3.38. The molecule has 2 rings (SSSR count). The van der Waals surface area contributed by atoms with Crippen LogP contribution in [0.3, 0.4) is 0 Å². The third-order valence-electron chi connectivity index (χ3n) is 4.90. The van der Waals surface area contributed by atoms with Crippen LogP contribution in [0.5, 0.6) is 0 Å². The molecule has 7 heteroatoms. The van der Waals surface area contributed by atoms with Crippen molar-refractivity contribution in [3.63, 3.8) is 0 Å². The predicted molar refractivity (Wildman–Crippen MR) is 131 cm³/mol. The summed E-state index contributed by atoms with van der Waals surface area (Å²) in [5.74, 6) is 2.63. The van der Waals surface area contributed by atoms with Gasteiger partial charge in [0.2, 0.25) is 0 Å². The molecule has 0 aliphatic heterocycles. The van der Waals surface area contributed by atoms with Gasteiger partial charge in [-0.25, -0.2) is 4.98 Å². The fourth-order valence-electron chi connectivity index (χ4n) is 3.38. The number of halogens is 1. The highest BCUT2D eigenvalue weighted by molar-refractivity contribution is 14.0. The summed E-state index contributed by atoms with van der Waals surface area (Å²) in [5, 5.41) is 6.90. The molecule has 2 aromatic rings. The molecule has 0 spiro atoms. The van der Waals surface area contributed by atoms with E-state index in [1.165, 1.54) is 11.9 Å². The monoisotopic (exact) mass is 500 g/mol. The molecule has 0 aliphatic carbocycles. The second kappa shape index (κ2) is 12.3.